The Morgan fingerprint density at radius 3 is 2.87 bits per heavy atom. The summed E-state index contributed by atoms with van der Waals surface area (Å²) in [5.41, 5.74) is 2.42. The van der Waals surface area contributed by atoms with E-state index in [9.17, 15) is 0 Å². The summed E-state index contributed by atoms with van der Waals surface area (Å²) < 4.78 is 0. The van der Waals surface area contributed by atoms with Gasteiger partial charge in [-0.25, -0.2) is 0 Å². The fourth-order valence-electron chi connectivity index (χ4n) is 1.16. The van der Waals surface area contributed by atoms with Gasteiger partial charge in [-0.1, -0.05) is 43.3 Å². The van der Waals surface area contributed by atoms with Gasteiger partial charge < -0.3 is 4.84 Å². The van der Waals surface area contributed by atoms with Crippen LogP contribution in [0.1, 0.15) is 38.3 Å². The lowest BCUT2D eigenvalue weighted by atomic mass is 10.1. The van der Waals surface area contributed by atoms with E-state index in [1.165, 1.54) is 5.56 Å². The van der Waals surface area contributed by atoms with E-state index in [0.717, 1.165) is 18.4 Å². The summed E-state index contributed by atoms with van der Waals surface area (Å²) in [5.74, 6) is 0. The second kappa shape index (κ2) is 6.23. The second-order valence-corrected chi connectivity index (χ2v) is 3.66. The first-order valence-corrected chi connectivity index (χ1v) is 5.54. The van der Waals surface area contributed by atoms with Crippen molar-refractivity contribution in [2.75, 3.05) is 0 Å². The molecule has 0 heterocycles. The maximum atomic E-state index is 5.24. The van der Waals surface area contributed by atoms with Crippen molar-refractivity contribution in [3.63, 3.8) is 0 Å². The lowest BCUT2D eigenvalue weighted by Gasteiger charge is -2.04. The molecule has 0 aliphatic heterocycles. The summed E-state index contributed by atoms with van der Waals surface area (Å²) in [6.07, 6.45) is 3.99. The van der Waals surface area contributed by atoms with Crippen molar-refractivity contribution in [3.8, 4) is 0 Å². The molecule has 1 aromatic carbocycles. The van der Waals surface area contributed by atoms with Gasteiger partial charge in [0.25, 0.3) is 0 Å². The molecular weight excluding hydrogens is 186 g/mol. The van der Waals surface area contributed by atoms with Gasteiger partial charge >= 0.3 is 0 Å². The predicted molar refractivity (Wildman–Crippen MR) is 64.3 cm³/mol. The van der Waals surface area contributed by atoms with Crippen LogP contribution in [0.5, 0.6) is 0 Å². The van der Waals surface area contributed by atoms with Crippen molar-refractivity contribution in [1.82, 2.24) is 0 Å². The standard InChI is InChI=1S/C13H19NO/c1-4-11(3)15-14-10-13-8-6-7-12(5-2)9-13/h6-11H,4-5H2,1-3H3. The Kier molecular flexibility index (Phi) is 4.88. The van der Waals surface area contributed by atoms with Crippen LogP contribution in [0, 0.1) is 0 Å². The molecule has 15 heavy (non-hydrogen) atoms. The molecule has 0 N–H and O–H groups in total. The van der Waals surface area contributed by atoms with Crippen LogP contribution in [0.3, 0.4) is 0 Å². The molecular formula is C13H19NO. The number of rotatable bonds is 5. The van der Waals surface area contributed by atoms with E-state index in [-0.39, 0.29) is 6.10 Å². The summed E-state index contributed by atoms with van der Waals surface area (Å²) in [4.78, 5) is 5.24. The van der Waals surface area contributed by atoms with Crippen molar-refractivity contribution in [2.45, 2.75) is 39.7 Å². The largest absolute Gasteiger partial charge is 0.393 e. The minimum Gasteiger partial charge on any atom is -0.393 e. The first-order chi connectivity index (χ1) is 7.26. The van der Waals surface area contributed by atoms with E-state index in [1.54, 1.807) is 6.21 Å². The lowest BCUT2D eigenvalue weighted by molar-refractivity contribution is 0.0712. The van der Waals surface area contributed by atoms with Crippen molar-refractivity contribution in [3.05, 3.63) is 35.4 Å². The minimum absolute atomic E-state index is 0.190. The Balaban J connectivity index is 2.56. The van der Waals surface area contributed by atoms with Crippen LogP contribution in [0.25, 0.3) is 0 Å². The molecule has 0 radical (unpaired) electrons. The molecule has 0 saturated carbocycles. The fraction of sp³-hybridized carbons (Fsp3) is 0.462. The summed E-state index contributed by atoms with van der Waals surface area (Å²) in [6, 6.07) is 8.32. The molecule has 0 bridgehead atoms. The van der Waals surface area contributed by atoms with Crippen LogP contribution in [0.4, 0.5) is 0 Å². The molecule has 0 spiro atoms. The monoisotopic (exact) mass is 205 g/mol. The number of hydrogen-bond donors (Lipinski definition) is 0. The fourth-order valence-corrected chi connectivity index (χ4v) is 1.16. The van der Waals surface area contributed by atoms with E-state index >= 15 is 0 Å². The third-order valence-electron chi connectivity index (χ3n) is 2.38. The smallest absolute Gasteiger partial charge is 0.124 e. The summed E-state index contributed by atoms with van der Waals surface area (Å²) in [6.45, 7) is 6.24. The molecule has 82 valence electrons. The number of oxime groups is 1. The van der Waals surface area contributed by atoms with Crippen molar-refractivity contribution < 1.29 is 4.84 Å². The van der Waals surface area contributed by atoms with Gasteiger partial charge in [0.2, 0.25) is 0 Å². The van der Waals surface area contributed by atoms with Crippen LogP contribution < -0.4 is 0 Å². The van der Waals surface area contributed by atoms with E-state index in [1.807, 2.05) is 19.1 Å². The molecule has 0 fully saturated rings. The van der Waals surface area contributed by atoms with Crippen LogP contribution in [0.2, 0.25) is 0 Å². The summed E-state index contributed by atoms with van der Waals surface area (Å²) in [7, 11) is 0. The molecule has 1 atom stereocenters. The third kappa shape index (κ3) is 4.15. The lowest BCUT2D eigenvalue weighted by Crippen LogP contribution is -2.01. The van der Waals surface area contributed by atoms with Crippen LogP contribution in [0.15, 0.2) is 29.4 Å². The van der Waals surface area contributed by atoms with Gasteiger partial charge in [0.15, 0.2) is 0 Å². The van der Waals surface area contributed by atoms with Gasteiger partial charge in [-0.2, -0.15) is 0 Å². The first kappa shape index (κ1) is 11.8. The minimum atomic E-state index is 0.190. The Morgan fingerprint density at radius 2 is 2.20 bits per heavy atom. The molecule has 2 heteroatoms. The molecule has 0 aromatic heterocycles. The quantitative estimate of drug-likeness (QED) is 0.533. The molecule has 0 aliphatic carbocycles. The Morgan fingerprint density at radius 1 is 1.40 bits per heavy atom. The highest BCUT2D eigenvalue weighted by Gasteiger charge is 1.95. The van der Waals surface area contributed by atoms with Gasteiger partial charge in [0.1, 0.15) is 6.10 Å². The number of hydrogen-bond acceptors (Lipinski definition) is 2. The van der Waals surface area contributed by atoms with Crippen molar-refractivity contribution in [2.24, 2.45) is 5.16 Å². The highest BCUT2D eigenvalue weighted by Crippen LogP contribution is 2.04. The van der Waals surface area contributed by atoms with Crippen LogP contribution in [-0.4, -0.2) is 12.3 Å². The Bertz CT molecular complexity index is 320. The predicted octanol–water partition coefficient (Wildman–Crippen LogP) is 3.40. The molecule has 0 aliphatic rings. The third-order valence-corrected chi connectivity index (χ3v) is 2.38. The zero-order valence-corrected chi connectivity index (χ0v) is 9.73. The van der Waals surface area contributed by atoms with E-state index in [0.29, 0.717) is 0 Å². The SMILES string of the molecule is CCc1cccc(C=NOC(C)CC)c1. The number of aryl methyl sites for hydroxylation is 1. The van der Waals surface area contributed by atoms with Gasteiger partial charge in [-0.15, -0.1) is 0 Å². The molecule has 1 aromatic rings. The van der Waals surface area contributed by atoms with Crippen molar-refractivity contribution >= 4 is 6.21 Å². The molecule has 0 amide bonds. The number of benzene rings is 1. The maximum absolute atomic E-state index is 5.24. The average molecular weight is 205 g/mol. The average Bonchev–Trinajstić information content (AvgIpc) is 2.29. The molecule has 2 nitrogen and oxygen atoms in total. The maximum Gasteiger partial charge on any atom is 0.124 e. The Labute approximate surface area is 91.9 Å². The topological polar surface area (TPSA) is 21.6 Å². The van der Waals surface area contributed by atoms with Crippen molar-refractivity contribution in [1.29, 1.82) is 0 Å². The molecule has 0 saturated heterocycles. The van der Waals surface area contributed by atoms with E-state index < -0.39 is 0 Å². The zero-order chi connectivity index (χ0) is 11.1. The van der Waals surface area contributed by atoms with Gasteiger partial charge in [0.05, 0.1) is 6.21 Å². The highest BCUT2D eigenvalue weighted by atomic mass is 16.6. The van der Waals surface area contributed by atoms with Crippen LogP contribution in [-0.2, 0) is 11.3 Å². The summed E-state index contributed by atoms with van der Waals surface area (Å²) >= 11 is 0. The first-order valence-electron chi connectivity index (χ1n) is 5.54. The van der Waals surface area contributed by atoms with Gasteiger partial charge in [-0.05, 0) is 30.9 Å². The second-order valence-electron chi connectivity index (χ2n) is 3.66. The van der Waals surface area contributed by atoms with Crippen LogP contribution >= 0.6 is 0 Å². The molecule has 1 unspecified atom stereocenters. The normalized spacial score (nSPS) is 13.0. The van der Waals surface area contributed by atoms with Gasteiger partial charge in [-0.3, -0.25) is 0 Å². The summed E-state index contributed by atoms with van der Waals surface area (Å²) in [5, 5.41) is 3.96. The van der Waals surface area contributed by atoms with Gasteiger partial charge in [0, 0.05) is 0 Å². The Hall–Kier alpha value is -1.31. The zero-order valence-electron chi connectivity index (χ0n) is 9.73. The highest BCUT2D eigenvalue weighted by molar-refractivity contribution is 5.79. The number of nitrogens with zero attached hydrogens (tertiary/aromatic N) is 1. The van der Waals surface area contributed by atoms with E-state index in [2.05, 4.69) is 31.1 Å². The van der Waals surface area contributed by atoms with E-state index in [4.69, 9.17) is 4.84 Å². The molecule has 1 rings (SSSR count).